The van der Waals surface area contributed by atoms with Crippen LogP contribution in [0.25, 0.3) is 11.1 Å². The number of aromatic nitrogens is 2. The fourth-order valence-corrected chi connectivity index (χ4v) is 4.39. The van der Waals surface area contributed by atoms with Gasteiger partial charge in [0.15, 0.2) is 0 Å². The van der Waals surface area contributed by atoms with E-state index in [2.05, 4.69) is 45.0 Å². The first-order valence-electron chi connectivity index (χ1n) is 9.25. The summed E-state index contributed by atoms with van der Waals surface area (Å²) in [4.78, 5) is 15.3. The number of hydrogen-bond donors (Lipinski definition) is 0. The summed E-state index contributed by atoms with van der Waals surface area (Å²) in [6.07, 6.45) is 1.22. The van der Waals surface area contributed by atoms with Gasteiger partial charge in [0.25, 0.3) is 5.92 Å². The molecule has 0 N–H and O–H groups in total. The second kappa shape index (κ2) is 6.74. The Morgan fingerprint density at radius 1 is 1.00 bits per heavy atom. The molecule has 1 fully saturated rings. The van der Waals surface area contributed by atoms with Gasteiger partial charge in [-0.15, -0.1) is 0 Å². The van der Waals surface area contributed by atoms with Crippen LogP contribution in [0.4, 0.5) is 14.6 Å². The van der Waals surface area contributed by atoms with Crippen molar-refractivity contribution >= 4 is 22.9 Å². The van der Waals surface area contributed by atoms with E-state index >= 15 is 0 Å². The first kappa shape index (κ1) is 17.4. The van der Waals surface area contributed by atoms with Crippen LogP contribution in [0.15, 0.2) is 52.4 Å². The number of aliphatic imine (C=N–C) groups is 1. The van der Waals surface area contributed by atoms with Gasteiger partial charge >= 0.3 is 0 Å². The quantitative estimate of drug-likeness (QED) is 0.639. The van der Waals surface area contributed by atoms with Crippen LogP contribution in [0.5, 0.6) is 0 Å². The molecule has 0 atom stereocenters. The molecular weight excluding hydrogens is 378 g/mol. The summed E-state index contributed by atoms with van der Waals surface area (Å²) < 4.78 is 26.9. The zero-order valence-corrected chi connectivity index (χ0v) is 15.9. The van der Waals surface area contributed by atoms with Crippen molar-refractivity contribution in [2.75, 3.05) is 18.0 Å². The predicted octanol–water partition coefficient (Wildman–Crippen LogP) is 4.79. The van der Waals surface area contributed by atoms with Gasteiger partial charge in [-0.05, 0) is 39.6 Å². The van der Waals surface area contributed by atoms with Crippen molar-refractivity contribution in [3.63, 3.8) is 0 Å². The summed E-state index contributed by atoms with van der Waals surface area (Å²) in [6.45, 7) is 1.23. The van der Waals surface area contributed by atoms with Crippen molar-refractivity contribution in [3.8, 4) is 11.1 Å². The van der Waals surface area contributed by atoms with E-state index < -0.39 is 5.92 Å². The summed E-state index contributed by atoms with van der Waals surface area (Å²) in [6, 6.07) is 10.4. The molecule has 0 spiro atoms. The molecule has 5 rings (SSSR count). The minimum Gasteiger partial charge on any atom is -0.356 e. The molecule has 0 unspecified atom stereocenters. The van der Waals surface area contributed by atoms with Gasteiger partial charge in [0, 0.05) is 37.6 Å². The van der Waals surface area contributed by atoms with E-state index in [4.69, 9.17) is 4.99 Å². The zero-order valence-electron chi connectivity index (χ0n) is 15.1. The maximum Gasteiger partial charge on any atom is 0.251 e. The molecule has 142 valence electrons. The molecule has 1 aromatic carbocycles. The summed E-state index contributed by atoms with van der Waals surface area (Å²) in [5, 5.41) is 4.19. The average molecular weight is 396 g/mol. The van der Waals surface area contributed by atoms with Crippen molar-refractivity contribution < 1.29 is 8.78 Å². The minimum atomic E-state index is -2.57. The summed E-state index contributed by atoms with van der Waals surface area (Å²) in [5.41, 5.74) is 6.19. The van der Waals surface area contributed by atoms with E-state index in [1.54, 1.807) is 11.3 Å². The fourth-order valence-electron chi connectivity index (χ4n) is 3.72. The fraction of sp³-hybridized carbons (Fsp3) is 0.286. The van der Waals surface area contributed by atoms with Crippen molar-refractivity contribution in [2.45, 2.75) is 25.3 Å². The van der Waals surface area contributed by atoms with Crippen molar-refractivity contribution in [1.29, 1.82) is 0 Å². The molecule has 0 aliphatic carbocycles. The Balaban J connectivity index is 1.45. The second-order valence-corrected chi connectivity index (χ2v) is 7.93. The van der Waals surface area contributed by atoms with Gasteiger partial charge < -0.3 is 4.90 Å². The Kier molecular flexibility index (Phi) is 4.19. The van der Waals surface area contributed by atoms with Crippen LogP contribution in [-0.4, -0.2) is 34.7 Å². The van der Waals surface area contributed by atoms with E-state index in [-0.39, 0.29) is 12.8 Å². The maximum atomic E-state index is 13.5. The number of rotatable bonds is 3. The lowest BCUT2D eigenvalue weighted by Crippen LogP contribution is -2.39. The molecular formula is C21H18F2N4S. The molecule has 0 amide bonds. The Hall–Kier alpha value is -2.67. The van der Waals surface area contributed by atoms with Crippen LogP contribution in [0.1, 0.15) is 29.7 Å². The van der Waals surface area contributed by atoms with Crippen molar-refractivity contribution in [3.05, 3.63) is 64.2 Å². The standard InChI is InChI=1S/C21H18F2N4S/c22-21(23)4-6-27(7-5-21)19-10-18(25-13-26-19)20-17-9-14(16-3-8-28-12-16)1-2-15(17)11-24-20/h1-3,8-10,12-13H,4-7,11H2. The van der Waals surface area contributed by atoms with Gasteiger partial charge in [0.05, 0.1) is 18.0 Å². The number of hydrogen-bond acceptors (Lipinski definition) is 5. The van der Waals surface area contributed by atoms with Gasteiger partial charge in [0.1, 0.15) is 12.1 Å². The monoisotopic (exact) mass is 396 g/mol. The van der Waals surface area contributed by atoms with E-state index in [1.807, 2.05) is 11.0 Å². The molecule has 0 bridgehead atoms. The minimum absolute atomic E-state index is 0.139. The van der Waals surface area contributed by atoms with E-state index in [0.29, 0.717) is 25.5 Å². The Labute approximate surface area is 165 Å². The third kappa shape index (κ3) is 3.20. The molecule has 7 heteroatoms. The summed E-state index contributed by atoms with van der Waals surface area (Å²) in [5.74, 6) is -1.88. The number of benzene rings is 1. The molecule has 2 aliphatic heterocycles. The van der Waals surface area contributed by atoms with Crippen LogP contribution >= 0.6 is 11.3 Å². The third-order valence-corrected chi connectivity index (χ3v) is 6.02. The van der Waals surface area contributed by atoms with Crippen LogP contribution in [-0.2, 0) is 6.54 Å². The van der Waals surface area contributed by atoms with Gasteiger partial charge in [-0.2, -0.15) is 11.3 Å². The van der Waals surface area contributed by atoms with Crippen molar-refractivity contribution in [2.24, 2.45) is 4.99 Å². The highest BCUT2D eigenvalue weighted by Gasteiger charge is 2.34. The number of anilines is 1. The first-order chi connectivity index (χ1) is 13.6. The SMILES string of the molecule is FC1(F)CCN(c2cc(C3=NCc4ccc(-c5ccsc5)cc43)ncn2)CC1. The zero-order chi connectivity index (χ0) is 19.1. The van der Waals surface area contributed by atoms with E-state index in [9.17, 15) is 8.78 Å². The smallest absolute Gasteiger partial charge is 0.251 e. The molecule has 0 saturated carbocycles. The number of piperidine rings is 1. The lowest BCUT2D eigenvalue weighted by Gasteiger charge is -2.32. The lowest BCUT2D eigenvalue weighted by atomic mass is 9.98. The summed E-state index contributed by atoms with van der Waals surface area (Å²) in [7, 11) is 0. The van der Waals surface area contributed by atoms with E-state index in [1.165, 1.54) is 17.5 Å². The number of halogens is 2. The lowest BCUT2D eigenvalue weighted by molar-refractivity contribution is -0.0221. The van der Waals surface area contributed by atoms with Crippen molar-refractivity contribution in [1.82, 2.24) is 9.97 Å². The number of fused-ring (bicyclic) bond motifs is 1. The van der Waals surface area contributed by atoms with Crippen LogP contribution in [0.2, 0.25) is 0 Å². The molecule has 4 nitrogen and oxygen atoms in total. The Morgan fingerprint density at radius 2 is 1.86 bits per heavy atom. The number of alkyl halides is 2. The molecule has 0 radical (unpaired) electrons. The average Bonchev–Trinajstić information content (AvgIpc) is 3.37. The van der Waals surface area contributed by atoms with Gasteiger partial charge in [-0.3, -0.25) is 4.99 Å². The topological polar surface area (TPSA) is 41.4 Å². The Morgan fingerprint density at radius 3 is 2.64 bits per heavy atom. The van der Waals surface area contributed by atoms with Gasteiger partial charge in [-0.1, -0.05) is 12.1 Å². The molecule has 2 aromatic heterocycles. The Bertz CT molecular complexity index is 1040. The molecule has 3 aromatic rings. The molecule has 1 saturated heterocycles. The second-order valence-electron chi connectivity index (χ2n) is 7.15. The van der Waals surface area contributed by atoms with E-state index in [0.717, 1.165) is 22.5 Å². The maximum absolute atomic E-state index is 13.5. The highest BCUT2D eigenvalue weighted by molar-refractivity contribution is 7.08. The van der Waals surface area contributed by atoms with Gasteiger partial charge in [-0.25, -0.2) is 18.7 Å². The number of nitrogens with zero attached hydrogens (tertiary/aromatic N) is 4. The van der Waals surface area contributed by atoms with Crippen LogP contribution < -0.4 is 4.90 Å². The normalized spacial score (nSPS) is 18.1. The van der Waals surface area contributed by atoms with Crippen LogP contribution in [0, 0.1) is 0 Å². The largest absolute Gasteiger partial charge is 0.356 e. The molecule has 4 heterocycles. The summed E-state index contributed by atoms with van der Waals surface area (Å²) >= 11 is 1.67. The highest BCUT2D eigenvalue weighted by Crippen LogP contribution is 2.32. The number of thiophene rings is 1. The molecule has 28 heavy (non-hydrogen) atoms. The predicted molar refractivity (Wildman–Crippen MR) is 108 cm³/mol. The van der Waals surface area contributed by atoms with Crippen LogP contribution in [0.3, 0.4) is 0 Å². The molecule has 2 aliphatic rings. The van der Waals surface area contributed by atoms with Gasteiger partial charge in [0.2, 0.25) is 0 Å². The third-order valence-electron chi connectivity index (χ3n) is 5.34. The first-order valence-corrected chi connectivity index (χ1v) is 10.2. The highest BCUT2D eigenvalue weighted by atomic mass is 32.1.